The Kier molecular flexibility index (Phi) is 3.06. The number of carbonyl (C=O) groups is 1. The molecule has 6 heteroatoms. The number of carboxylic acid groups (broad SMARTS) is 1. The number of nitrogens with zero attached hydrogens (tertiary/aromatic N) is 2. The third-order valence-electron chi connectivity index (χ3n) is 3.51. The van der Waals surface area contributed by atoms with Crippen molar-refractivity contribution < 1.29 is 9.90 Å². The number of thiophene rings is 1. The van der Waals surface area contributed by atoms with Crippen LogP contribution in [0.1, 0.15) is 38.8 Å². The predicted octanol–water partition coefficient (Wildman–Crippen LogP) is 3.33. The number of aromatic carboxylic acids is 1. The summed E-state index contributed by atoms with van der Waals surface area (Å²) < 4.78 is 0. The molecular weight excluding hydrogens is 280 g/mol. The van der Waals surface area contributed by atoms with Gasteiger partial charge in [0.25, 0.3) is 0 Å². The molecule has 1 aliphatic heterocycles. The molecule has 1 aliphatic rings. The number of carboxylic acids is 1. The van der Waals surface area contributed by atoms with Crippen molar-refractivity contribution in [2.75, 3.05) is 11.4 Å². The smallest absolute Gasteiger partial charge is 0.355 e. The maximum absolute atomic E-state index is 11.1. The highest BCUT2D eigenvalue weighted by atomic mass is 32.1. The van der Waals surface area contributed by atoms with Gasteiger partial charge in [0, 0.05) is 16.3 Å². The SMILES string of the molecule is Cc1sc(N2CCc3sccc3C2C)nc1C(=O)O. The van der Waals surface area contributed by atoms with Crippen LogP contribution in [0.3, 0.4) is 0 Å². The number of aromatic nitrogens is 1. The average Bonchev–Trinajstić information content (AvgIpc) is 2.96. The van der Waals surface area contributed by atoms with Crippen molar-refractivity contribution in [2.24, 2.45) is 0 Å². The molecule has 1 unspecified atom stereocenters. The second kappa shape index (κ2) is 4.61. The summed E-state index contributed by atoms with van der Waals surface area (Å²) in [4.78, 5) is 19.8. The Morgan fingerprint density at radius 2 is 2.37 bits per heavy atom. The fourth-order valence-electron chi connectivity index (χ4n) is 2.47. The highest BCUT2D eigenvalue weighted by Crippen LogP contribution is 2.38. The van der Waals surface area contributed by atoms with E-state index in [1.54, 1.807) is 11.3 Å². The molecule has 3 heterocycles. The average molecular weight is 294 g/mol. The van der Waals surface area contributed by atoms with Gasteiger partial charge >= 0.3 is 5.97 Å². The first kappa shape index (κ1) is 12.6. The van der Waals surface area contributed by atoms with Crippen LogP contribution in [0.5, 0.6) is 0 Å². The standard InChI is InChI=1S/C13H14N2O2S2/c1-7-9-4-6-18-10(9)3-5-15(7)13-14-11(12(16)17)8(2)19-13/h4,6-7H,3,5H2,1-2H3,(H,16,17). The number of thiazole rings is 1. The highest BCUT2D eigenvalue weighted by Gasteiger charge is 2.28. The highest BCUT2D eigenvalue weighted by molar-refractivity contribution is 7.15. The van der Waals surface area contributed by atoms with Gasteiger partial charge in [-0.2, -0.15) is 0 Å². The van der Waals surface area contributed by atoms with E-state index < -0.39 is 5.97 Å². The Balaban J connectivity index is 1.96. The van der Waals surface area contributed by atoms with Gasteiger partial charge in [-0.1, -0.05) is 0 Å². The minimum absolute atomic E-state index is 0.184. The number of aryl methyl sites for hydroxylation is 1. The molecule has 0 fully saturated rings. The summed E-state index contributed by atoms with van der Waals surface area (Å²) in [5.41, 5.74) is 1.53. The fourth-order valence-corrected chi connectivity index (χ4v) is 4.44. The molecule has 0 aromatic carbocycles. The van der Waals surface area contributed by atoms with Crippen LogP contribution in [-0.4, -0.2) is 22.6 Å². The summed E-state index contributed by atoms with van der Waals surface area (Å²) in [6.45, 7) is 4.87. The second-order valence-corrected chi connectivity index (χ2v) is 6.81. The number of hydrogen-bond acceptors (Lipinski definition) is 5. The summed E-state index contributed by atoms with van der Waals surface area (Å²) >= 11 is 3.27. The molecule has 0 saturated heterocycles. The molecule has 0 radical (unpaired) electrons. The van der Waals surface area contributed by atoms with Crippen molar-refractivity contribution in [2.45, 2.75) is 26.3 Å². The van der Waals surface area contributed by atoms with Gasteiger partial charge < -0.3 is 10.0 Å². The van der Waals surface area contributed by atoms with E-state index in [9.17, 15) is 4.79 Å². The fraction of sp³-hybridized carbons (Fsp3) is 0.385. The Bertz CT molecular complexity index is 632. The third kappa shape index (κ3) is 2.04. The van der Waals surface area contributed by atoms with Gasteiger partial charge in [-0.3, -0.25) is 0 Å². The Morgan fingerprint density at radius 1 is 1.58 bits per heavy atom. The van der Waals surface area contributed by atoms with Crippen LogP contribution in [0, 0.1) is 6.92 Å². The minimum Gasteiger partial charge on any atom is -0.476 e. The van der Waals surface area contributed by atoms with Crippen LogP contribution in [0.4, 0.5) is 5.13 Å². The van der Waals surface area contributed by atoms with E-state index in [1.807, 2.05) is 6.92 Å². The summed E-state index contributed by atoms with van der Waals surface area (Å²) in [5.74, 6) is -0.944. The third-order valence-corrected chi connectivity index (χ3v) is 5.52. The van der Waals surface area contributed by atoms with Crippen molar-refractivity contribution in [3.05, 3.63) is 32.5 Å². The van der Waals surface area contributed by atoms with Crippen LogP contribution in [-0.2, 0) is 6.42 Å². The van der Waals surface area contributed by atoms with Crippen LogP contribution >= 0.6 is 22.7 Å². The van der Waals surface area contributed by atoms with Gasteiger partial charge in [0.2, 0.25) is 0 Å². The molecule has 100 valence electrons. The molecule has 0 spiro atoms. The normalized spacial score (nSPS) is 18.4. The van der Waals surface area contributed by atoms with Crippen LogP contribution in [0.25, 0.3) is 0 Å². The summed E-state index contributed by atoms with van der Waals surface area (Å²) in [6, 6.07) is 2.43. The molecule has 2 aromatic heterocycles. The van der Waals surface area contributed by atoms with Gasteiger partial charge in [-0.05, 0) is 37.3 Å². The Hall–Kier alpha value is -1.40. The molecule has 0 amide bonds. The van der Waals surface area contributed by atoms with E-state index in [2.05, 4.69) is 28.3 Å². The molecule has 1 atom stereocenters. The minimum atomic E-state index is -0.944. The Labute approximate surface area is 119 Å². The number of anilines is 1. The molecule has 2 aromatic rings. The number of hydrogen-bond donors (Lipinski definition) is 1. The number of fused-ring (bicyclic) bond motifs is 1. The van der Waals surface area contributed by atoms with E-state index in [1.165, 1.54) is 21.8 Å². The van der Waals surface area contributed by atoms with E-state index in [4.69, 9.17) is 5.11 Å². The van der Waals surface area contributed by atoms with Gasteiger partial charge in [-0.25, -0.2) is 9.78 Å². The van der Waals surface area contributed by atoms with E-state index in [0.717, 1.165) is 23.0 Å². The quantitative estimate of drug-likeness (QED) is 0.923. The molecule has 0 saturated carbocycles. The van der Waals surface area contributed by atoms with Crippen LogP contribution < -0.4 is 4.90 Å². The summed E-state index contributed by atoms with van der Waals surface area (Å²) in [5, 5.41) is 12.0. The van der Waals surface area contributed by atoms with Gasteiger partial charge in [0.05, 0.1) is 6.04 Å². The lowest BCUT2D eigenvalue weighted by atomic mass is 10.0. The maximum atomic E-state index is 11.1. The van der Waals surface area contributed by atoms with E-state index in [0.29, 0.717) is 0 Å². The van der Waals surface area contributed by atoms with Crippen molar-refractivity contribution in [1.82, 2.24) is 4.98 Å². The van der Waals surface area contributed by atoms with Crippen molar-refractivity contribution in [3.8, 4) is 0 Å². The first-order chi connectivity index (χ1) is 9.08. The summed E-state index contributed by atoms with van der Waals surface area (Å²) in [6.07, 6.45) is 1.01. The lowest BCUT2D eigenvalue weighted by Crippen LogP contribution is -2.33. The summed E-state index contributed by atoms with van der Waals surface area (Å²) in [7, 11) is 0. The lowest BCUT2D eigenvalue weighted by molar-refractivity contribution is 0.0690. The van der Waals surface area contributed by atoms with Gasteiger partial charge in [0.1, 0.15) is 0 Å². The predicted molar refractivity (Wildman–Crippen MR) is 77.6 cm³/mol. The molecular formula is C13H14N2O2S2. The van der Waals surface area contributed by atoms with E-state index in [-0.39, 0.29) is 11.7 Å². The Morgan fingerprint density at radius 3 is 3.05 bits per heavy atom. The topological polar surface area (TPSA) is 53.4 Å². The zero-order chi connectivity index (χ0) is 13.6. The van der Waals surface area contributed by atoms with Crippen molar-refractivity contribution in [3.63, 3.8) is 0 Å². The van der Waals surface area contributed by atoms with Crippen LogP contribution in [0.2, 0.25) is 0 Å². The second-order valence-electron chi connectivity index (χ2n) is 4.62. The first-order valence-corrected chi connectivity index (χ1v) is 7.81. The largest absolute Gasteiger partial charge is 0.476 e. The molecule has 0 aliphatic carbocycles. The van der Waals surface area contributed by atoms with Crippen molar-refractivity contribution >= 4 is 33.8 Å². The zero-order valence-corrected chi connectivity index (χ0v) is 12.3. The maximum Gasteiger partial charge on any atom is 0.355 e. The molecule has 0 bridgehead atoms. The monoisotopic (exact) mass is 294 g/mol. The first-order valence-electron chi connectivity index (χ1n) is 6.11. The van der Waals surface area contributed by atoms with Crippen molar-refractivity contribution in [1.29, 1.82) is 0 Å². The number of rotatable bonds is 2. The molecule has 4 nitrogen and oxygen atoms in total. The molecule has 1 N–H and O–H groups in total. The van der Waals surface area contributed by atoms with E-state index >= 15 is 0 Å². The van der Waals surface area contributed by atoms with Gasteiger partial charge in [0.15, 0.2) is 10.8 Å². The van der Waals surface area contributed by atoms with Gasteiger partial charge in [-0.15, -0.1) is 22.7 Å². The van der Waals surface area contributed by atoms with Crippen LogP contribution in [0.15, 0.2) is 11.4 Å². The zero-order valence-electron chi connectivity index (χ0n) is 10.7. The lowest BCUT2D eigenvalue weighted by Gasteiger charge is -2.33. The molecule has 3 rings (SSSR count). The molecule has 19 heavy (non-hydrogen) atoms.